The summed E-state index contributed by atoms with van der Waals surface area (Å²) in [7, 11) is 1.86. The molecule has 1 heterocycles. The first-order valence-corrected chi connectivity index (χ1v) is 6.65. The van der Waals surface area contributed by atoms with E-state index in [1.807, 2.05) is 25.2 Å². The molecule has 0 bridgehead atoms. The number of aliphatic hydroxyl groups excluding tert-OH is 1. The first kappa shape index (κ1) is 11.7. The molecule has 1 aromatic rings. The zero-order valence-corrected chi connectivity index (χ0v) is 10.7. The maximum absolute atomic E-state index is 12.2. The lowest BCUT2D eigenvalue weighted by Crippen LogP contribution is -2.50. The summed E-state index contributed by atoms with van der Waals surface area (Å²) in [6.45, 7) is 0.736. The van der Waals surface area contributed by atoms with Crippen LogP contribution < -0.4 is 0 Å². The van der Waals surface area contributed by atoms with Gasteiger partial charge in [0.1, 0.15) is 0 Å². The molecule has 1 fully saturated rings. The number of nitrogens with zero attached hydrogens (tertiary/aromatic N) is 1. The second-order valence-corrected chi connectivity index (χ2v) is 5.74. The molecule has 1 aromatic carbocycles. The van der Waals surface area contributed by atoms with E-state index in [1.54, 1.807) is 4.90 Å². The highest BCUT2D eigenvalue weighted by molar-refractivity contribution is 5.97. The molecule has 0 aromatic heterocycles. The molecule has 18 heavy (non-hydrogen) atoms. The van der Waals surface area contributed by atoms with Crippen molar-refractivity contribution in [1.29, 1.82) is 0 Å². The summed E-state index contributed by atoms with van der Waals surface area (Å²) in [6.07, 6.45) is 3.55. The summed E-state index contributed by atoms with van der Waals surface area (Å²) in [5.74, 6) is 0.108. The third-order valence-electron chi connectivity index (χ3n) is 4.43. The van der Waals surface area contributed by atoms with Crippen molar-refractivity contribution in [2.24, 2.45) is 0 Å². The van der Waals surface area contributed by atoms with Gasteiger partial charge < -0.3 is 10.0 Å². The van der Waals surface area contributed by atoms with Crippen LogP contribution in [0.15, 0.2) is 24.3 Å². The van der Waals surface area contributed by atoms with E-state index in [4.69, 9.17) is 0 Å². The van der Waals surface area contributed by atoms with Crippen LogP contribution in [0.1, 0.15) is 41.6 Å². The summed E-state index contributed by atoms with van der Waals surface area (Å²) in [6, 6.07) is 7.90. The first-order chi connectivity index (χ1) is 8.62. The van der Waals surface area contributed by atoms with Crippen molar-refractivity contribution in [1.82, 2.24) is 4.90 Å². The topological polar surface area (TPSA) is 40.5 Å². The van der Waals surface area contributed by atoms with Crippen LogP contribution in [0, 0.1) is 0 Å². The summed E-state index contributed by atoms with van der Waals surface area (Å²) >= 11 is 0. The molecule has 96 valence electrons. The van der Waals surface area contributed by atoms with Crippen LogP contribution in [0.2, 0.25) is 0 Å². The fraction of sp³-hybridized carbons (Fsp3) is 0.533. The molecule has 0 radical (unpaired) electrons. The minimum absolute atomic E-state index is 0.0308. The van der Waals surface area contributed by atoms with Crippen molar-refractivity contribution in [3.63, 3.8) is 0 Å². The largest absolute Gasteiger partial charge is 0.393 e. The molecule has 3 rings (SSSR count). The molecule has 2 unspecified atom stereocenters. The summed E-state index contributed by atoms with van der Waals surface area (Å²) in [4.78, 5) is 14.0. The molecular formula is C15H19NO2. The van der Waals surface area contributed by atoms with Gasteiger partial charge >= 0.3 is 0 Å². The highest BCUT2D eigenvalue weighted by Gasteiger charge is 2.44. The van der Waals surface area contributed by atoms with Gasteiger partial charge in [-0.3, -0.25) is 4.79 Å². The molecule has 1 amide bonds. The molecule has 3 nitrogen and oxygen atoms in total. The SMILES string of the molecule is CN1CC2(CCCC(O)C2)c2ccccc2C1=O. The number of hydrogen-bond acceptors (Lipinski definition) is 2. The van der Waals surface area contributed by atoms with Gasteiger partial charge in [0.2, 0.25) is 0 Å². The number of carbonyl (C=O) groups excluding carboxylic acids is 1. The second-order valence-electron chi connectivity index (χ2n) is 5.74. The lowest BCUT2D eigenvalue weighted by molar-refractivity contribution is 0.0489. The van der Waals surface area contributed by atoms with E-state index in [9.17, 15) is 9.90 Å². The minimum atomic E-state index is -0.228. The number of aliphatic hydroxyl groups is 1. The van der Waals surface area contributed by atoms with Crippen LogP contribution in [0.5, 0.6) is 0 Å². The van der Waals surface area contributed by atoms with Gasteiger partial charge in [-0.15, -0.1) is 0 Å². The van der Waals surface area contributed by atoms with Crippen LogP contribution in [0.3, 0.4) is 0 Å². The van der Waals surface area contributed by atoms with Crippen molar-refractivity contribution in [3.05, 3.63) is 35.4 Å². The predicted octanol–water partition coefficient (Wildman–Crippen LogP) is 1.94. The molecule has 0 saturated heterocycles. The monoisotopic (exact) mass is 245 g/mol. The Bertz CT molecular complexity index is 485. The molecule has 2 atom stereocenters. The third-order valence-corrected chi connectivity index (χ3v) is 4.43. The third kappa shape index (κ3) is 1.65. The lowest BCUT2D eigenvalue weighted by Gasteiger charge is -2.46. The highest BCUT2D eigenvalue weighted by Crippen LogP contribution is 2.44. The van der Waals surface area contributed by atoms with E-state index >= 15 is 0 Å². The summed E-state index contributed by atoms with van der Waals surface area (Å²) in [5, 5.41) is 10.0. The standard InChI is InChI=1S/C15H19NO2/c1-16-10-15(8-4-5-11(17)9-15)13-7-3-2-6-12(13)14(16)18/h2-3,6-7,11,17H,4-5,8-10H2,1H3. The zero-order valence-electron chi connectivity index (χ0n) is 10.7. The van der Waals surface area contributed by atoms with Crippen molar-refractivity contribution in [2.45, 2.75) is 37.2 Å². The molecular weight excluding hydrogens is 226 g/mol. The maximum atomic E-state index is 12.2. The number of likely N-dealkylation sites (N-methyl/N-ethyl adjacent to an activating group) is 1. The average Bonchev–Trinajstić information content (AvgIpc) is 2.36. The quantitative estimate of drug-likeness (QED) is 0.759. The van der Waals surface area contributed by atoms with Crippen LogP contribution in [0.4, 0.5) is 0 Å². The Hall–Kier alpha value is -1.35. The van der Waals surface area contributed by atoms with Gasteiger partial charge in [-0.25, -0.2) is 0 Å². The predicted molar refractivity (Wildman–Crippen MR) is 69.6 cm³/mol. The molecule has 2 aliphatic rings. The molecule has 1 N–H and O–H groups in total. The number of rotatable bonds is 0. The van der Waals surface area contributed by atoms with Gasteiger partial charge in [0.25, 0.3) is 5.91 Å². The van der Waals surface area contributed by atoms with Crippen LogP contribution >= 0.6 is 0 Å². The Morgan fingerprint density at radius 1 is 1.39 bits per heavy atom. The van der Waals surface area contributed by atoms with Gasteiger partial charge in [0.15, 0.2) is 0 Å². The Kier molecular flexibility index (Phi) is 2.67. The zero-order chi connectivity index (χ0) is 12.8. The van der Waals surface area contributed by atoms with Gasteiger partial charge in [0.05, 0.1) is 6.10 Å². The van der Waals surface area contributed by atoms with E-state index in [1.165, 1.54) is 0 Å². The molecule has 1 aliphatic heterocycles. The van der Waals surface area contributed by atoms with Crippen molar-refractivity contribution in [3.8, 4) is 0 Å². The number of benzene rings is 1. The Morgan fingerprint density at radius 2 is 2.17 bits per heavy atom. The number of hydrogen-bond donors (Lipinski definition) is 1. The van der Waals surface area contributed by atoms with E-state index in [0.29, 0.717) is 0 Å². The maximum Gasteiger partial charge on any atom is 0.253 e. The van der Waals surface area contributed by atoms with Crippen molar-refractivity contribution >= 4 is 5.91 Å². The number of fused-ring (bicyclic) bond motifs is 2. The van der Waals surface area contributed by atoms with Gasteiger partial charge in [-0.2, -0.15) is 0 Å². The van der Waals surface area contributed by atoms with E-state index in [2.05, 4.69) is 6.07 Å². The number of carbonyl (C=O) groups is 1. The fourth-order valence-electron chi connectivity index (χ4n) is 3.67. The van der Waals surface area contributed by atoms with Crippen LogP contribution in [-0.2, 0) is 5.41 Å². The lowest BCUT2D eigenvalue weighted by atomic mass is 9.65. The van der Waals surface area contributed by atoms with Gasteiger partial charge in [-0.1, -0.05) is 18.2 Å². The van der Waals surface area contributed by atoms with Gasteiger partial charge in [-0.05, 0) is 37.3 Å². The number of amides is 1. The van der Waals surface area contributed by atoms with E-state index in [0.717, 1.165) is 43.4 Å². The average molecular weight is 245 g/mol. The summed E-state index contributed by atoms with van der Waals surface area (Å²) < 4.78 is 0. The summed E-state index contributed by atoms with van der Waals surface area (Å²) in [5.41, 5.74) is 1.93. The Balaban J connectivity index is 2.11. The minimum Gasteiger partial charge on any atom is -0.393 e. The normalized spacial score (nSPS) is 31.6. The Labute approximate surface area is 107 Å². The van der Waals surface area contributed by atoms with Crippen molar-refractivity contribution in [2.75, 3.05) is 13.6 Å². The Morgan fingerprint density at radius 3 is 2.94 bits per heavy atom. The molecule has 1 spiro atoms. The smallest absolute Gasteiger partial charge is 0.253 e. The molecule has 1 saturated carbocycles. The first-order valence-electron chi connectivity index (χ1n) is 6.65. The van der Waals surface area contributed by atoms with Crippen LogP contribution in [-0.4, -0.2) is 35.6 Å². The van der Waals surface area contributed by atoms with E-state index in [-0.39, 0.29) is 17.4 Å². The van der Waals surface area contributed by atoms with E-state index < -0.39 is 0 Å². The van der Waals surface area contributed by atoms with Gasteiger partial charge in [0, 0.05) is 24.6 Å². The fourth-order valence-corrected chi connectivity index (χ4v) is 3.67. The van der Waals surface area contributed by atoms with Crippen molar-refractivity contribution < 1.29 is 9.90 Å². The molecule has 1 aliphatic carbocycles. The molecule has 3 heteroatoms. The highest BCUT2D eigenvalue weighted by atomic mass is 16.3. The second kappa shape index (κ2) is 4.09. The van der Waals surface area contributed by atoms with Crippen LogP contribution in [0.25, 0.3) is 0 Å².